The molecular weight excluding hydrogens is 344 g/mol. The molecule has 26 heavy (non-hydrogen) atoms. The van der Waals surface area contributed by atoms with Crippen molar-refractivity contribution in [3.8, 4) is 0 Å². The first-order valence-electron chi connectivity index (χ1n) is 10.3. The van der Waals surface area contributed by atoms with Crippen molar-refractivity contribution in [2.75, 3.05) is 6.61 Å². The third-order valence-electron chi connectivity index (χ3n) is 8.08. The molecule has 0 amide bonds. The molecule has 4 nitrogen and oxygen atoms in total. The molecule has 4 aliphatic rings. The van der Waals surface area contributed by atoms with E-state index in [2.05, 4.69) is 40.8 Å². The van der Waals surface area contributed by atoms with Gasteiger partial charge in [-0.2, -0.15) is 0 Å². The molecule has 4 rings (SSSR count). The molecule has 0 aliphatic heterocycles. The number of esters is 1. The predicted molar refractivity (Wildman–Crippen MR) is 104 cm³/mol. The number of carbonyl (C=O) groups is 2. The predicted octanol–water partition coefficient (Wildman–Crippen LogP) is 4.73. The summed E-state index contributed by atoms with van der Waals surface area (Å²) in [6, 6.07) is 0. The van der Waals surface area contributed by atoms with Gasteiger partial charge >= 0.3 is 5.97 Å². The second kappa shape index (κ2) is 6.16. The number of rotatable bonds is 4. The maximum atomic E-state index is 13.1. The van der Waals surface area contributed by atoms with E-state index < -0.39 is 8.32 Å². The summed E-state index contributed by atoms with van der Waals surface area (Å²) in [4.78, 5) is 26.1. The number of ether oxygens (including phenoxy) is 1. The zero-order valence-electron chi connectivity index (χ0n) is 17.6. The van der Waals surface area contributed by atoms with Gasteiger partial charge in [0.1, 0.15) is 5.78 Å². The summed E-state index contributed by atoms with van der Waals surface area (Å²) < 4.78 is 12.3. The van der Waals surface area contributed by atoms with Crippen molar-refractivity contribution < 1.29 is 18.8 Å². The van der Waals surface area contributed by atoms with Gasteiger partial charge in [-0.1, -0.05) is 27.7 Å². The first kappa shape index (κ1) is 20.1. The van der Waals surface area contributed by atoms with Crippen molar-refractivity contribution in [3.63, 3.8) is 0 Å². The smallest absolute Gasteiger partial charge is 0.309 e. The van der Waals surface area contributed by atoms with E-state index in [1.807, 2.05) is 6.92 Å². The molecule has 0 heterocycles. The summed E-state index contributed by atoms with van der Waals surface area (Å²) in [6.45, 7) is 15.6. The van der Waals surface area contributed by atoms with Gasteiger partial charge in [0.05, 0.1) is 12.5 Å². The molecule has 0 N–H and O–H groups in total. The Bertz CT molecular complexity index is 608. The molecule has 4 fully saturated rings. The van der Waals surface area contributed by atoms with E-state index in [0.29, 0.717) is 18.8 Å². The van der Waals surface area contributed by atoms with Crippen LogP contribution >= 0.6 is 0 Å². The standard InChI is InChI=1S/C21H36O4Si/c1-8-24-18(23)17-16-14(25-26(6,7)19(2,3)4)9-10-21(16)12-11-20(17,5)13-15(21)22/h14,16-17H,8-13H2,1-7H3/t14-,16+,17-,20+,21-/m1/s1. The molecule has 0 aromatic heterocycles. The number of carbonyl (C=O) groups excluding carboxylic acids is 2. The molecule has 148 valence electrons. The van der Waals surface area contributed by atoms with Crippen LogP contribution in [0, 0.1) is 22.7 Å². The van der Waals surface area contributed by atoms with Gasteiger partial charge in [0.15, 0.2) is 8.32 Å². The minimum atomic E-state index is -1.97. The lowest BCUT2D eigenvalue weighted by Crippen LogP contribution is -2.62. The van der Waals surface area contributed by atoms with Crippen LogP contribution in [0.3, 0.4) is 0 Å². The van der Waals surface area contributed by atoms with Crippen LogP contribution < -0.4 is 0 Å². The van der Waals surface area contributed by atoms with Crippen molar-refractivity contribution in [1.82, 2.24) is 0 Å². The van der Waals surface area contributed by atoms with E-state index in [1.165, 1.54) is 0 Å². The number of hydrogen-bond donors (Lipinski definition) is 0. The van der Waals surface area contributed by atoms with Crippen LogP contribution in [0.2, 0.25) is 18.1 Å². The lowest BCUT2D eigenvalue weighted by Gasteiger charge is -2.58. The molecule has 0 aromatic rings. The van der Waals surface area contributed by atoms with E-state index in [9.17, 15) is 9.59 Å². The Morgan fingerprint density at radius 1 is 1.23 bits per heavy atom. The van der Waals surface area contributed by atoms with Crippen molar-refractivity contribution in [1.29, 1.82) is 0 Å². The van der Waals surface area contributed by atoms with E-state index in [0.717, 1.165) is 25.7 Å². The molecule has 5 heteroatoms. The average Bonchev–Trinajstić information content (AvgIpc) is 2.85. The van der Waals surface area contributed by atoms with Crippen molar-refractivity contribution in [2.45, 2.75) is 91.0 Å². The van der Waals surface area contributed by atoms with Crippen LogP contribution in [0.25, 0.3) is 0 Å². The van der Waals surface area contributed by atoms with Crippen molar-refractivity contribution in [3.05, 3.63) is 0 Å². The molecule has 0 radical (unpaired) electrons. The van der Waals surface area contributed by atoms with Gasteiger partial charge in [-0.05, 0) is 56.2 Å². The summed E-state index contributed by atoms with van der Waals surface area (Å²) in [5.74, 6) is 0.0577. The molecule has 0 saturated heterocycles. The fourth-order valence-corrected chi connectivity index (χ4v) is 6.96. The van der Waals surface area contributed by atoms with Gasteiger partial charge in [0.2, 0.25) is 0 Å². The van der Waals surface area contributed by atoms with Crippen LogP contribution in [0.1, 0.15) is 66.7 Å². The Morgan fingerprint density at radius 3 is 2.42 bits per heavy atom. The topological polar surface area (TPSA) is 52.6 Å². The fraction of sp³-hybridized carbons (Fsp3) is 0.905. The Hall–Kier alpha value is -0.683. The minimum Gasteiger partial charge on any atom is -0.466 e. The number of fused-ring (bicyclic) bond motifs is 2. The zero-order chi connectivity index (χ0) is 19.5. The molecule has 4 aliphatic carbocycles. The van der Waals surface area contributed by atoms with E-state index >= 15 is 0 Å². The highest BCUT2D eigenvalue weighted by molar-refractivity contribution is 6.74. The van der Waals surface area contributed by atoms with E-state index in [-0.39, 0.29) is 39.8 Å². The zero-order valence-corrected chi connectivity index (χ0v) is 18.6. The number of ketones is 1. The van der Waals surface area contributed by atoms with Crippen molar-refractivity contribution >= 4 is 20.1 Å². The summed E-state index contributed by atoms with van der Waals surface area (Å²) in [5, 5.41) is 0.115. The van der Waals surface area contributed by atoms with Crippen LogP contribution in [0.5, 0.6) is 0 Å². The van der Waals surface area contributed by atoms with Gasteiger partial charge in [-0.25, -0.2) is 0 Å². The molecule has 2 bridgehead atoms. The van der Waals surface area contributed by atoms with Crippen LogP contribution in [0.15, 0.2) is 0 Å². The second-order valence-electron chi connectivity index (χ2n) is 10.6. The maximum absolute atomic E-state index is 13.1. The molecule has 1 spiro atoms. The molecular formula is C21H36O4Si. The monoisotopic (exact) mass is 380 g/mol. The first-order valence-corrected chi connectivity index (χ1v) is 13.2. The Kier molecular flexibility index (Phi) is 4.76. The van der Waals surface area contributed by atoms with E-state index in [1.54, 1.807) is 0 Å². The summed E-state index contributed by atoms with van der Waals surface area (Å²) in [6.07, 6.45) is 4.18. The summed E-state index contributed by atoms with van der Waals surface area (Å²) in [5.41, 5.74) is -0.614. The van der Waals surface area contributed by atoms with Crippen molar-refractivity contribution in [2.24, 2.45) is 22.7 Å². The number of Topliss-reactive ketones (excluding diaryl/α,β-unsaturated/α-hetero) is 1. The van der Waals surface area contributed by atoms with Gasteiger partial charge in [-0.15, -0.1) is 0 Å². The molecule has 4 saturated carbocycles. The quantitative estimate of drug-likeness (QED) is 0.523. The Labute approximate surface area is 159 Å². The van der Waals surface area contributed by atoms with E-state index in [4.69, 9.17) is 9.16 Å². The molecule has 5 atom stereocenters. The highest BCUT2D eigenvalue weighted by atomic mass is 28.4. The highest BCUT2D eigenvalue weighted by Crippen LogP contribution is 2.67. The van der Waals surface area contributed by atoms with Crippen LogP contribution in [-0.4, -0.2) is 32.8 Å². The normalized spacial score (nSPS) is 39.8. The van der Waals surface area contributed by atoms with Gasteiger partial charge in [0, 0.05) is 23.9 Å². The van der Waals surface area contributed by atoms with Gasteiger partial charge in [-0.3, -0.25) is 9.59 Å². The third-order valence-corrected chi connectivity index (χ3v) is 12.6. The van der Waals surface area contributed by atoms with Gasteiger partial charge in [0.25, 0.3) is 0 Å². The van der Waals surface area contributed by atoms with Crippen LogP contribution in [0.4, 0.5) is 0 Å². The lowest BCUT2D eigenvalue weighted by atomic mass is 9.45. The lowest BCUT2D eigenvalue weighted by molar-refractivity contribution is -0.183. The van der Waals surface area contributed by atoms with Gasteiger partial charge < -0.3 is 9.16 Å². The maximum Gasteiger partial charge on any atom is 0.309 e. The minimum absolute atomic E-state index is 0.00400. The Balaban J connectivity index is 1.98. The summed E-state index contributed by atoms with van der Waals surface area (Å²) >= 11 is 0. The second-order valence-corrected chi connectivity index (χ2v) is 15.4. The SMILES string of the molecule is CCOC(=O)[C@H]1[C@@H]2[C@H](O[Si](C)(C)C(C)(C)C)CC[C@]23CC[C@@]1(C)CC3=O. The average molecular weight is 381 g/mol. The largest absolute Gasteiger partial charge is 0.466 e. The highest BCUT2D eigenvalue weighted by Gasteiger charge is 2.69. The number of hydrogen-bond acceptors (Lipinski definition) is 4. The first-order chi connectivity index (χ1) is 11.9. The summed E-state index contributed by atoms with van der Waals surface area (Å²) in [7, 11) is -1.97. The fourth-order valence-electron chi connectivity index (χ4n) is 5.58. The third kappa shape index (κ3) is 2.81. The molecule has 0 aromatic carbocycles. The van der Waals surface area contributed by atoms with Crippen LogP contribution in [-0.2, 0) is 18.8 Å². The molecule has 0 unspecified atom stereocenters. The Morgan fingerprint density at radius 2 is 1.88 bits per heavy atom.